The quantitative estimate of drug-likeness (QED) is 0.707. The molecule has 0 aliphatic heterocycles. The van der Waals surface area contributed by atoms with Crippen molar-refractivity contribution in [2.24, 2.45) is 0 Å². The van der Waals surface area contributed by atoms with Gasteiger partial charge in [-0.3, -0.25) is 0 Å². The Morgan fingerprint density at radius 1 is 1.22 bits per heavy atom. The lowest BCUT2D eigenvalue weighted by atomic mass is 10.1. The van der Waals surface area contributed by atoms with Crippen LogP contribution in [0.2, 0.25) is 5.02 Å². The maximum absolute atomic E-state index is 9.30. The standard InChI is InChI=1S/C18H14ClN3O/c1-13-2-5-16(19)9-17(13)23-18-8-14(3-4-15(18)10-20)11-22-7-6-21-12-22/h2-9,12H,11H2,1H3. The van der Waals surface area contributed by atoms with E-state index in [1.54, 1.807) is 24.7 Å². The highest BCUT2D eigenvalue weighted by Crippen LogP contribution is 2.30. The lowest BCUT2D eigenvalue weighted by Crippen LogP contribution is -1.98. The van der Waals surface area contributed by atoms with Crippen molar-refractivity contribution in [2.75, 3.05) is 0 Å². The van der Waals surface area contributed by atoms with Gasteiger partial charge in [0.05, 0.1) is 11.9 Å². The van der Waals surface area contributed by atoms with E-state index in [1.165, 1.54) is 0 Å². The number of imidazole rings is 1. The topological polar surface area (TPSA) is 50.8 Å². The molecule has 0 N–H and O–H groups in total. The molecule has 1 aromatic heterocycles. The van der Waals surface area contributed by atoms with Gasteiger partial charge in [-0.15, -0.1) is 0 Å². The molecule has 114 valence electrons. The van der Waals surface area contributed by atoms with Gasteiger partial charge in [0.15, 0.2) is 0 Å². The maximum Gasteiger partial charge on any atom is 0.145 e. The predicted molar refractivity (Wildman–Crippen MR) is 88.7 cm³/mol. The SMILES string of the molecule is Cc1ccc(Cl)cc1Oc1cc(Cn2ccnc2)ccc1C#N. The van der Waals surface area contributed by atoms with Gasteiger partial charge in [-0.1, -0.05) is 23.7 Å². The first-order chi connectivity index (χ1) is 11.2. The van der Waals surface area contributed by atoms with Crippen LogP contribution in [-0.2, 0) is 6.54 Å². The van der Waals surface area contributed by atoms with Crippen molar-refractivity contribution in [3.8, 4) is 17.6 Å². The normalized spacial score (nSPS) is 10.3. The van der Waals surface area contributed by atoms with Crippen LogP contribution in [0.3, 0.4) is 0 Å². The molecule has 1 heterocycles. The number of aryl methyl sites for hydroxylation is 1. The molecular weight excluding hydrogens is 310 g/mol. The smallest absolute Gasteiger partial charge is 0.145 e. The minimum Gasteiger partial charge on any atom is -0.456 e. The number of hydrogen-bond donors (Lipinski definition) is 0. The van der Waals surface area contributed by atoms with Gasteiger partial charge in [0.25, 0.3) is 0 Å². The van der Waals surface area contributed by atoms with E-state index >= 15 is 0 Å². The number of nitrogens with zero attached hydrogens (tertiary/aromatic N) is 3. The number of hydrogen-bond acceptors (Lipinski definition) is 3. The molecule has 0 spiro atoms. The molecule has 0 aliphatic carbocycles. The van der Waals surface area contributed by atoms with Crippen LogP contribution in [0.5, 0.6) is 11.5 Å². The first-order valence-corrected chi connectivity index (χ1v) is 7.46. The van der Waals surface area contributed by atoms with Crippen LogP contribution in [0.15, 0.2) is 55.1 Å². The third-order valence-electron chi connectivity index (χ3n) is 3.46. The van der Waals surface area contributed by atoms with Crippen LogP contribution >= 0.6 is 11.6 Å². The number of ether oxygens (including phenoxy) is 1. The molecule has 23 heavy (non-hydrogen) atoms. The summed E-state index contributed by atoms with van der Waals surface area (Å²) in [5, 5.41) is 9.89. The second-order valence-electron chi connectivity index (χ2n) is 5.19. The van der Waals surface area contributed by atoms with Gasteiger partial charge in [-0.25, -0.2) is 4.98 Å². The monoisotopic (exact) mass is 323 g/mol. The van der Waals surface area contributed by atoms with E-state index < -0.39 is 0 Å². The van der Waals surface area contributed by atoms with E-state index in [2.05, 4.69) is 11.1 Å². The van der Waals surface area contributed by atoms with E-state index in [9.17, 15) is 5.26 Å². The largest absolute Gasteiger partial charge is 0.456 e. The summed E-state index contributed by atoms with van der Waals surface area (Å²) in [6.45, 7) is 2.60. The molecule has 0 bridgehead atoms. The van der Waals surface area contributed by atoms with Gasteiger partial charge < -0.3 is 9.30 Å². The summed E-state index contributed by atoms with van der Waals surface area (Å²) in [6, 6.07) is 13.2. The minimum atomic E-state index is 0.485. The van der Waals surface area contributed by atoms with Gasteiger partial charge in [0.2, 0.25) is 0 Å². The lowest BCUT2D eigenvalue weighted by Gasteiger charge is -2.12. The molecule has 0 unspecified atom stereocenters. The molecule has 0 saturated heterocycles. The molecule has 3 aromatic rings. The third kappa shape index (κ3) is 3.53. The zero-order valence-electron chi connectivity index (χ0n) is 12.5. The molecule has 0 atom stereocenters. The summed E-state index contributed by atoms with van der Waals surface area (Å²) in [5.74, 6) is 1.17. The lowest BCUT2D eigenvalue weighted by molar-refractivity contribution is 0.476. The Balaban J connectivity index is 1.93. The number of aromatic nitrogens is 2. The van der Waals surface area contributed by atoms with E-state index in [0.717, 1.165) is 11.1 Å². The fourth-order valence-corrected chi connectivity index (χ4v) is 2.40. The van der Waals surface area contributed by atoms with Crippen LogP contribution in [0.25, 0.3) is 0 Å². The molecule has 2 aromatic carbocycles. The Hall–Kier alpha value is -2.77. The third-order valence-corrected chi connectivity index (χ3v) is 3.70. The first-order valence-electron chi connectivity index (χ1n) is 7.08. The summed E-state index contributed by atoms with van der Waals surface area (Å²) in [4.78, 5) is 4.03. The zero-order valence-corrected chi connectivity index (χ0v) is 13.3. The average Bonchev–Trinajstić information content (AvgIpc) is 3.04. The second-order valence-corrected chi connectivity index (χ2v) is 5.63. The average molecular weight is 324 g/mol. The van der Waals surface area contributed by atoms with Crippen LogP contribution in [-0.4, -0.2) is 9.55 Å². The van der Waals surface area contributed by atoms with Crippen molar-refractivity contribution in [1.82, 2.24) is 9.55 Å². The fraction of sp³-hybridized carbons (Fsp3) is 0.111. The molecule has 5 heteroatoms. The molecule has 3 rings (SSSR count). The Kier molecular flexibility index (Phi) is 4.31. The van der Waals surface area contributed by atoms with Crippen LogP contribution in [0, 0.1) is 18.3 Å². The van der Waals surface area contributed by atoms with Crippen molar-refractivity contribution in [2.45, 2.75) is 13.5 Å². The maximum atomic E-state index is 9.30. The first kappa shape index (κ1) is 15.1. The second kappa shape index (κ2) is 6.55. The minimum absolute atomic E-state index is 0.485. The van der Waals surface area contributed by atoms with Gasteiger partial charge in [-0.2, -0.15) is 5.26 Å². The Morgan fingerprint density at radius 3 is 2.83 bits per heavy atom. The highest BCUT2D eigenvalue weighted by Gasteiger charge is 2.09. The molecule has 0 aliphatic rings. The van der Waals surface area contributed by atoms with Crippen molar-refractivity contribution in [1.29, 1.82) is 5.26 Å². The number of halogens is 1. The van der Waals surface area contributed by atoms with E-state index in [1.807, 2.05) is 42.0 Å². The Bertz CT molecular complexity index is 866. The van der Waals surface area contributed by atoms with Crippen LogP contribution < -0.4 is 4.74 Å². The van der Waals surface area contributed by atoms with E-state index in [-0.39, 0.29) is 0 Å². The molecule has 4 nitrogen and oxygen atoms in total. The van der Waals surface area contributed by atoms with E-state index in [0.29, 0.717) is 28.6 Å². The van der Waals surface area contributed by atoms with Crippen molar-refractivity contribution in [3.63, 3.8) is 0 Å². The molecular formula is C18H14ClN3O. The van der Waals surface area contributed by atoms with Crippen molar-refractivity contribution in [3.05, 3.63) is 76.8 Å². The van der Waals surface area contributed by atoms with Crippen LogP contribution in [0.4, 0.5) is 0 Å². The van der Waals surface area contributed by atoms with Crippen LogP contribution in [0.1, 0.15) is 16.7 Å². The number of benzene rings is 2. The fourth-order valence-electron chi connectivity index (χ4n) is 2.24. The molecule has 0 fully saturated rings. The molecule has 0 amide bonds. The number of nitriles is 1. The molecule has 0 saturated carbocycles. The number of rotatable bonds is 4. The summed E-state index contributed by atoms with van der Waals surface area (Å²) < 4.78 is 7.89. The van der Waals surface area contributed by atoms with Crippen molar-refractivity contribution < 1.29 is 4.74 Å². The predicted octanol–water partition coefficient (Wildman–Crippen LogP) is 4.56. The zero-order chi connectivity index (χ0) is 16.2. The summed E-state index contributed by atoms with van der Waals surface area (Å²) in [7, 11) is 0. The summed E-state index contributed by atoms with van der Waals surface area (Å²) in [6.07, 6.45) is 5.37. The van der Waals surface area contributed by atoms with Gasteiger partial charge in [-0.05, 0) is 42.3 Å². The van der Waals surface area contributed by atoms with E-state index in [4.69, 9.17) is 16.3 Å². The highest BCUT2D eigenvalue weighted by molar-refractivity contribution is 6.30. The molecule has 0 radical (unpaired) electrons. The Morgan fingerprint density at radius 2 is 2.09 bits per heavy atom. The van der Waals surface area contributed by atoms with Gasteiger partial charge >= 0.3 is 0 Å². The highest BCUT2D eigenvalue weighted by atomic mass is 35.5. The van der Waals surface area contributed by atoms with Crippen molar-refractivity contribution >= 4 is 11.6 Å². The Labute approximate surface area is 139 Å². The summed E-state index contributed by atoms with van der Waals surface area (Å²) >= 11 is 6.03. The van der Waals surface area contributed by atoms with Gasteiger partial charge in [0.1, 0.15) is 17.6 Å². The summed E-state index contributed by atoms with van der Waals surface area (Å²) in [5.41, 5.74) is 2.47. The van der Waals surface area contributed by atoms with Gasteiger partial charge in [0, 0.05) is 24.0 Å².